The van der Waals surface area contributed by atoms with Crippen molar-refractivity contribution in [2.45, 2.75) is 118 Å². The van der Waals surface area contributed by atoms with Crippen LogP contribution in [0.5, 0.6) is 0 Å². The number of hydrogen-bond donors (Lipinski definition) is 1. The summed E-state index contributed by atoms with van der Waals surface area (Å²) in [4.78, 5) is 5.62. The van der Waals surface area contributed by atoms with Gasteiger partial charge >= 0.3 is 0 Å². The first-order valence-corrected chi connectivity index (χ1v) is 12.1. The van der Waals surface area contributed by atoms with E-state index in [0.717, 1.165) is 18.0 Å². The highest BCUT2D eigenvalue weighted by molar-refractivity contribution is 5.05. The van der Waals surface area contributed by atoms with E-state index in [0.29, 0.717) is 16.4 Å². The van der Waals surface area contributed by atoms with Crippen LogP contribution in [0.25, 0.3) is 0 Å². The molecule has 1 N–H and O–H groups in total. The minimum absolute atomic E-state index is 0.276. The van der Waals surface area contributed by atoms with E-state index >= 15 is 0 Å². The summed E-state index contributed by atoms with van der Waals surface area (Å²) in [6, 6.07) is 1.52. The van der Waals surface area contributed by atoms with Crippen LogP contribution in [-0.2, 0) is 0 Å². The van der Waals surface area contributed by atoms with Crippen molar-refractivity contribution >= 4 is 0 Å². The predicted octanol–water partition coefficient (Wildman–Crippen LogP) is 5.15. The maximum Gasteiger partial charge on any atom is 0.0242 e. The number of hydrogen-bond acceptors (Lipinski definition) is 3. The monoisotopic (exact) mass is 391 g/mol. The molecule has 0 spiro atoms. The van der Waals surface area contributed by atoms with Gasteiger partial charge in [-0.3, -0.25) is 9.80 Å². The molecule has 0 unspecified atom stereocenters. The van der Waals surface area contributed by atoms with Gasteiger partial charge in [0.1, 0.15) is 0 Å². The van der Waals surface area contributed by atoms with Crippen molar-refractivity contribution in [3.8, 4) is 0 Å². The molecule has 3 aliphatic heterocycles. The number of rotatable bonds is 7. The van der Waals surface area contributed by atoms with Crippen molar-refractivity contribution in [3.63, 3.8) is 0 Å². The Kier molecular flexibility index (Phi) is 6.07. The Morgan fingerprint density at radius 3 is 2.00 bits per heavy atom. The quantitative estimate of drug-likeness (QED) is 0.647. The van der Waals surface area contributed by atoms with Crippen LogP contribution in [0.15, 0.2) is 0 Å². The van der Waals surface area contributed by atoms with Gasteiger partial charge in [-0.2, -0.15) is 0 Å². The zero-order valence-electron chi connectivity index (χ0n) is 20.5. The summed E-state index contributed by atoms with van der Waals surface area (Å²) < 4.78 is 0. The van der Waals surface area contributed by atoms with E-state index < -0.39 is 0 Å². The van der Waals surface area contributed by atoms with Crippen LogP contribution in [0.2, 0.25) is 0 Å². The van der Waals surface area contributed by atoms with E-state index in [-0.39, 0.29) is 5.54 Å². The highest BCUT2D eigenvalue weighted by Crippen LogP contribution is 2.46. The molecular weight excluding hydrogens is 342 g/mol. The summed E-state index contributed by atoms with van der Waals surface area (Å²) in [5.74, 6) is 0.849. The number of piperazine rings is 1. The van der Waals surface area contributed by atoms with Crippen molar-refractivity contribution in [3.05, 3.63) is 0 Å². The van der Waals surface area contributed by atoms with Crippen molar-refractivity contribution in [1.29, 1.82) is 0 Å². The summed E-state index contributed by atoms with van der Waals surface area (Å²) in [5.41, 5.74) is 1.36. The highest BCUT2D eigenvalue weighted by Gasteiger charge is 2.48. The summed E-state index contributed by atoms with van der Waals surface area (Å²) >= 11 is 0. The first-order chi connectivity index (χ1) is 12.8. The number of likely N-dealkylation sites (tertiary alicyclic amines) is 2. The average Bonchev–Trinajstić information content (AvgIpc) is 3.24. The second-order valence-electron chi connectivity index (χ2n) is 12.7. The maximum absolute atomic E-state index is 3.67. The molecule has 0 aliphatic carbocycles. The Balaban J connectivity index is 1.60. The smallest absolute Gasteiger partial charge is 0.0242 e. The fraction of sp³-hybridized carbons (Fsp3) is 1.00. The van der Waals surface area contributed by atoms with Gasteiger partial charge in [-0.05, 0) is 89.6 Å². The molecule has 3 saturated heterocycles. The topological polar surface area (TPSA) is 18.5 Å². The van der Waals surface area contributed by atoms with E-state index in [9.17, 15) is 0 Å². The van der Waals surface area contributed by atoms with E-state index in [1.165, 1.54) is 58.3 Å². The molecule has 2 bridgehead atoms. The fourth-order valence-corrected chi connectivity index (χ4v) is 6.74. The largest absolute Gasteiger partial charge is 0.311 e. The van der Waals surface area contributed by atoms with Crippen LogP contribution in [-0.4, -0.2) is 59.1 Å². The zero-order chi connectivity index (χ0) is 21.0. The van der Waals surface area contributed by atoms with Gasteiger partial charge in [-0.25, -0.2) is 0 Å². The molecule has 0 amide bonds. The number of fused-ring (bicyclic) bond motifs is 2. The molecule has 3 heterocycles. The van der Waals surface area contributed by atoms with Crippen LogP contribution in [0.4, 0.5) is 0 Å². The van der Waals surface area contributed by atoms with Crippen molar-refractivity contribution in [2.24, 2.45) is 16.7 Å². The van der Waals surface area contributed by atoms with Crippen molar-refractivity contribution in [1.82, 2.24) is 15.1 Å². The Hall–Kier alpha value is -0.120. The summed E-state index contributed by atoms with van der Waals surface area (Å²) in [6.07, 6.45) is 6.65. The molecule has 0 aromatic carbocycles. The fourth-order valence-electron chi connectivity index (χ4n) is 6.74. The van der Waals surface area contributed by atoms with Crippen LogP contribution < -0.4 is 5.32 Å². The molecule has 3 fully saturated rings. The second kappa shape index (κ2) is 7.54. The SMILES string of the molecule is CCC(C)(C)C(C)(C)N1CCC(C(C)(C)CC(C)(C)N2C[C@H]3C[C@@H]2CN3)CC1. The Morgan fingerprint density at radius 2 is 1.54 bits per heavy atom. The summed E-state index contributed by atoms with van der Waals surface area (Å²) in [5, 5.41) is 3.67. The van der Waals surface area contributed by atoms with Gasteiger partial charge in [0, 0.05) is 36.3 Å². The standard InChI is InChI=1S/C25H49N3/c1-10-23(4,5)25(8,9)27-13-11-19(12-14-27)22(2,3)18-24(6,7)28-17-20-15-21(28)16-26-20/h19-21,26H,10-18H2,1-9H3/t20-,21-/m1/s1. The second-order valence-corrected chi connectivity index (χ2v) is 12.7. The van der Waals surface area contributed by atoms with Gasteiger partial charge in [0.05, 0.1) is 0 Å². The normalized spacial score (nSPS) is 29.0. The van der Waals surface area contributed by atoms with Crippen molar-refractivity contribution < 1.29 is 0 Å². The Bertz CT molecular complexity index is 540. The van der Waals surface area contributed by atoms with E-state index in [1.54, 1.807) is 0 Å². The van der Waals surface area contributed by atoms with Crippen LogP contribution >= 0.6 is 0 Å². The minimum atomic E-state index is 0.276. The third kappa shape index (κ3) is 4.05. The summed E-state index contributed by atoms with van der Waals surface area (Å²) in [7, 11) is 0. The lowest BCUT2D eigenvalue weighted by Crippen LogP contribution is -2.58. The van der Waals surface area contributed by atoms with Gasteiger partial charge < -0.3 is 5.32 Å². The molecule has 2 atom stereocenters. The van der Waals surface area contributed by atoms with E-state index in [4.69, 9.17) is 0 Å². The lowest BCUT2D eigenvalue weighted by molar-refractivity contribution is -0.0386. The molecule has 28 heavy (non-hydrogen) atoms. The molecule has 3 rings (SSSR count). The molecule has 3 aliphatic rings. The zero-order valence-corrected chi connectivity index (χ0v) is 20.5. The van der Waals surface area contributed by atoms with Gasteiger partial charge in [0.25, 0.3) is 0 Å². The number of nitrogens with one attached hydrogen (secondary N) is 1. The predicted molar refractivity (Wildman–Crippen MR) is 122 cm³/mol. The number of piperidine rings is 1. The molecule has 0 aromatic rings. The number of nitrogens with zero attached hydrogens (tertiary/aromatic N) is 2. The highest BCUT2D eigenvalue weighted by atomic mass is 15.3. The molecule has 0 aromatic heterocycles. The van der Waals surface area contributed by atoms with Crippen LogP contribution in [0, 0.1) is 16.7 Å². The molecular formula is C25H49N3. The molecule has 0 radical (unpaired) electrons. The van der Waals surface area contributed by atoms with E-state index in [2.05, 4.69) is 77.4 Å². The molecule has 0 saturated carbocycles. The average molecular weight is 392 g/mol. The van der Waals surface area contributed by atoms with Gasteiger partial charge in [0.15, 0.2) is 0 Å². The lowest BCUT2D eigenvalue weighted by atomic mass is 9.66. The Labute approximate surface area is 176 Å². The third-order valence-electron chi connectivity index (χ3n) is 9.65. The maximum atomic E-state index is 3.67. The molecule has 164 valence electrons. The minimum Gasteiger partial charge on any atom is -0.311 e. The van der Waals surface area contributed by atoms with Crippen molar-refractivity contribution in [2.75, 3.05) is 26.2 Å². The molecule has 3 heteroatoms. The van der Waals surface area contributed by atoms with Crippen LogP contribution in [0.3, 0.4) is 0 Å². The summed E-state index contributed by atoms with van der Waals surface area (Å²) in [6.45, 7) is 27.3. The molecule has 3 nitrogen and oxygen atoms in total. The van der Waals surface area contributed by atoms with E-state index in [1.807, 2.05) is 0 Å². The lowest BCUT2D eigenvalue weighted by Gasteiger charge is -2.54. The van der Waals surface area contributed by atoms with Gasteiger partial charge in [-0.15, -0.1) is 0 Å². The van der Waals surface area contributed by atoms with Gasteiger partial charge in [0.2, 0.25) is 0 Å². The third-order valence-corrected chi connectivity index (χ3v) is 9.65. The van der Waals surface area contributed by atoms with Gasteiger partial charge in [-0.1, -0.05) is 34.6 Å². The first kappa shape index (κ1) is 22.6. The first-order valence-electron chi connectivity index (χ1n) is 12.1. The van der Waals surface area contributed by atoms with Crippen LogP contribution in [0.1, 0.15) is 94.4 Å². The Morgan fingerprint density at radius 1 is 0.929 bits per heavy atom.